The Morgan fingerprint density at radius 1 is 1.44 bits per heavy atom. The number of carboxylic acid groups (broad SMARTS) is 1. The van der Waals surface area contributed by atoms with Gasteiger partial charge in [0.1, 0.15) is 6.04 Å². The van der Waals surface area contributed by atoms with Gasteiger partial charge in [0, 0.05) is 38.6 Å². The maximum atomic E-state index is 10.8. The van der Waals surface area contributed by atoms with Crippen LogP contribution in [0.1, 0.15) is 12.5 Å². The van der Waals surface area contributed by atoms with Crippen LogP contribution < -0.4 is 10.2 Å². The molecule has 18 heavy (non-hydrogen) atoms. The number of nitrogens with zero attached hydrogens (tertiary/aromatic N) is 3. The van der Waals surface area contributed by atoms with E-state index in [1.807, 2.05) is 14.1 Å². The van der Waals surface area contributed by atoms with Crippen molar-refractivity contribution >= 4 is 11.9 Å². The van der Waals surface area contributed by atoms with Crippen LogP contribution in [0.25, 0.3) is 0 Å². The summed E-state index contributed by atoms with van der Waals surface area (Å²) in [5.41, 5.74) is 0.757. The fourth-order valence-corrected chi connectivity index (χ4v) is 1.36. The number of aliphatic hydroxyl groups is 1. The Kier molecular flexibility index (Phi) is 4.99. The van der Waals surface area contributed by atoms with Crippen molar-refractivity contribution < 1.29 is 15.0 Å². The van der Waals surface area contributed by atoms with Crippen molar-refractivity contribution in [1.29, 1.82) is 0 Å². The molecule has 0 aromatic carbocycles. The highest BCUT2D eigenvalue weighted by molar-refractivity contribution is 5.74. The summed E-state index contributed by atoms with van der Waals surface area (Å²) in [6.07, 6.45) is 2.27. The monoisotopic (exact) mass is 254 g/mol. The second-order valence-electron chi connectivity index (χ2n) is 4.22. The van der Waals surface area contributed by atoms with Crippen molar-refractivity contribution in [3.05, 3.63) is 18.0 Å². The van der Waals surface area contributed by atoms with Crippen LogP contribution in [0.4, 0.5) is 5.95 Å². The molecule has 7 nitrogen and oxygen atoms in total. The molecule has 0 saturated carbocycles. The van der Waals surface area contributed by atoms with Gasteiger partial charge >= 0.3 is 5.97 Å². The Morgan fingerprint density at radius 3 is 2.39 bits per heavy atom. The Morgan fingerprint density at radius 2 is 2.00 bits per heavy atom. The number of aromatic nitrogens is 2. The van der Waals surface area contributed by atoms with E-state index >= 15 is 0 Å². The number of aliphatic carboxylic acids is 1. The van der Waals surface area contributed by atoms with Crippen LogP contribution in [0, 0.1) is 0 Å². The van der Waals surface area contributed by atoms with E-state index in [2.05, 4.69) is 15.3 Å². The standard InChI is InChI=1S/C11H18N4O3/c1-7(16)9(10(17)18)12-4-8-5-13-11(14-6-8)15(2)3/h5-7,9,12,16H,4H2,1-3H3,(H,17,18)/t7-,9+/m0/s1. The van der Waals surface area contributed by atoms with Crippen LogP contribution in [-0.4, -0.2) is 52.4 Å². The normalized spacial score (nSPS) is 14.0. The van der Waals surface area contributed by atoms with Gasteiger partial charge in [0.25, 0.3) is 0 Å². The zero-order valence-corrected chi connectivity index (χ0v) is 10.7. The molecule has 7 heteroatoms. The third-order valence-corrected chi connectivity index (χ3v) is 2.37. The second-order valence-corrected chi connectivity index (χ2v) is 4.22. The molecule has 0 aliphatic carbocycles. The van der Waals surface area contributed by atoms with Gasteiger partial charge in [0.15, 0.2) is 0 Å². The predicted octanol–water partition coefficient (Wildman–Crippen LogP) is -0.534. The molecule has 1 rings (SSSR count). The first-order valence-electron chi connectivity index (χ1n) is 5.54. The number of nitrogens with one attached hydrogen (secondary N) is 1. The number of aliphatic hydroxyl groups excluding tert-OH is 1. The molecule has 0 unspecified atom stereocenters. The highest BCUT2D eigenvalue weighted by atomic mass is 16.4. The van der Waals surface area contributed by atoms with Crippen LogP contribution in [0.15, 0.2) is 12.4 Å². The summed E-state index contributed by atoms with van der Waals surface area (Å²) in [5.74, 6) is -0.500. The van der Waals surface area contributed by atoms with E-state index in [4.69, 9.17) is 5.11 Å². The summed E-state index contributed by atoms with van der Waals surface area (Å²) in [6.45, 7) is 1.72. The molecule has 1 aromatic heterocycles. The van der Waals surface area contributed by atoms with E-state index in [1.165, 1.54) is 6.92 Å². The van der Waals surface area contributed by atoms with Gasteiger partial charge < -0.3 is 15.1 Å². The predicted molar refractivity (Wildman–Crippen MR) is 66.3 cm³/mol. The van der Waals surface area contributed by atoms with Gasteiger partial charge in [-0.25, -0.2) is 9.97 Å². The van der Waals surface area contributed by atoms with Crippen molar-refractivity contribution in [3.8, 4) is 0 Å². The van der Waals surface area contributed by atoms with Gasteiger partial charge in [0.05, 0.1) is 6.10 Å². The van der Waals surface area contributed by atoms with Crippen molar-refractivity contribution in [2.45, 2.75) is 25.6 Å². The number of hydrogen-bond donors (Lipinski definition) is 3. The van der Waals surface area contributed by atoms with Crippen LogP contribution in [0.5, 0.6) is 0 Å². The molecular weight excluding hydrogens is 236 g/mol. The van der Waals surface area contributed by atoms with Crippen LogP contribution >= 0.6 is 0 Å². The minimum absolute atomic E-state index is 0.287. The van der Waals surface area contributed by atoms with Crippen molar-refractivity contribution in [2.75, 3.05) is 19.0 Å². The first-order valence-corrected chi connectivity index (χ1v) is 5.54. The highest BCUT2D eigenvalue weighted by Crippen LogP contribution is 2.03. The maximum absolute atomic E-state index is 10.8. The van der Waals surface area contributed by atoms with E-state index in [0.29, 0.717) is 5.95 Å². The average Bonchev–Trinajstić information content (AvgIpc) is 2.28. The van der Waals surface area contributed by atoms with Gasteiger partial charge in [-0.2, -0.15) is 0 Å². The lowest BCUT2D eigenvalue weighted by Gasteiger charge is -2.17. The van der Waals surface area contributed by atoms with Gasteiger partial charge in [-0.15, -0.1) is 0 Å². The number of anilines is 1. The molecule has 0 aliphatic rings. The van der Waals surface area contributed by atoms with Crippen LogP contribution in [-0.2, 0) is 11.3 Å². The molecule has 3 N–H and O–H groups in total. The molecule has 1 aromatic rings. The fourth-order valence-electron chi connectivity index (χ4n) is 1.36. The van der Waals surface area contributed by atoms with E-state index in [-0.39, 0.29) is 6.54 Å². The van der Waals surface area contributed by atoms with Crippen molar-refractivity contribution in [1.82, 2.24) is 15.3 Å². The quantitative estimate of drug-likeness (QED) is 0.627. The molecule has 0 saturated heterocycles. The minimum atomic E-state index is -1.09. The van der Waals surface area contributed by atoms with Crippen LogP contribution in [0.3, 0.4) is 0 Å². The van der Waals surface area contributed by atoms with Gasteiger partial charge in [-0.05, 0) is 6.92 Å². The summed E-state index contributed by atoms with van der Waals surface area (Å²) in [6, 6.07) is -1.00. The van der Waals surface area contributed by atoms with E-state index < -0.39 is 18.1 Å². The van der Waals surface area contributed by atoms with E-state index in [0.717, 1.165) is 5.56 Å². The fraction of sp³-hybridized carbons (Fsp3) is 0.545. The SMILES string of the molecule is C[C@H](O)[C@@H](NCc1cnc(N(C)C)nc1)C(=O)O. The summed E-state index contributed by atoms with van der Waals surface area (Å²) < 4.78 is 0. The number of carboxylic acids is 1. The second kappa shape index (κ2) is 6.27. The molecule has 100 valence electrons. The Labute approximate surface area is 105 Å². The highest BCUT2D eigenvalue weighted by Gasteiger charge is 2.22. The number of carbonyl (C=O) groups is 1. The topological polar surface area (TPSA) is 98.6 Å². The van der Waals surface area contributed by atoms with Gasteiger partial charge in [-0.1, -0.05) is 0 Å². The largest absolute Gasteiger partial charge is 0.480 e. The lowest BCUT2D eigenvalue weighted by Crippen LogP contribution is -2.44. The summed E-state index contributed by atoms with van der Waals surface area (Å²) in [7, 11) is 3.67. The summed E-state index contributed by atoms with van der Waals surface area (Å²) in [5, 5.41) is 20.9. The third kappa shape index (κ3) is 3.94. The van der Waals surface area contributed by atoms with Crippen molar-refractivity contribution in [3.63, 3.8) is 0 Å². The van der Waals surface area contributed by atoms with Crippen molar-refractivity contribution in [2.24, 2.45) is 0 Å². The Balaban J connectivity index is 2.60. The Bertz CT molecular complexity index is 392. The molecule has 1 heterocycles. The molecule has 0 bridgehead atoms. The van der Waals surface area contributed by atoms with Gasteiger partial charge in [0.2, 0.25) is 5.95 Å². The Hall–Kier alpha value is -1.73. The lowest BCUT2D eigenvalue weighted by molar-refractivity contribution is -0.142. The zero-order valence-electron chi connectivity index (χ0n) is 10.7. The summed E-state index contributed by atoms with van der Waals surface area (Å²) in [4.78, 5) is 20.8. The first kappa shape index (κ1) is 14.3. The minimum Gasteiger partial charge on any atom is -0.480 e. The molecule has 0 fully saturated rings. The van der Waals surface area contributed by atoms with Gasteiger partial charge in [-0.3, -0.25) is 10.1 Å². The maximum Gasteiger partial charge on any atom is 0.323 e. The van der Waals surface area contributed by atoms with E-state index in [9.17, 15) is 9.90 Å². The third-order valence-electron chi connectivity index (χ3n) is 2.37. The number of rotatable bonds is 6. The molecule has 0 amide bonds. The average molecular weight is 254 g/mol. The van der Waals surface area contributed by atoms with Crippen LogP contribution in [0.2, 0.25) is 0 Å². The first-order chi connectivity index (χ1) is 8.41. The van der Waals surface area contributed by atoms with E-state index in [1.54, 1.807) is 17.3 Å². The smallest absolute Gasteiger partial charge is 0.323 e. The zero-order chi connectivity index (χ0) is 13.7. The lowest BCUT2D eigenvalue weighted by atomic mass is 10.2. The molecule has 0 spiro atoms. The molecule has 2 atom stereocenters. The molecular formula is C11H18N4O3. The summed E-state index contributed by atoms with van der Waals surface area (Å²) >= 11 is 0. The number of hydrogen-bond acceptors (Lipinski definition) is 6. The molecule has 0 aliphatic heterocycles. The molecule has 0 radical (unpaired) electrons.